The summed E-state index contributed by atoms with van der Waals surface area (Å²) in [5, 5.41) is 10.6. The van der Waals surface area contributed by atoms with Crippen molar-refractivity contribution in [1.29, 1.82) is 0 Å². The number of rotatable bonds is 13. The number of carbonyl (C=O) groups excluding carboxylic acids is 3. The van der Waals surface area contributed by atoms with Crippen molar-refractivity contribution in [2.45, 2.75) is 84.1 Å². The predicted octanol–water partition coefficient (Wildman–Crippen LogP) is 4.03. The highest BCUT2D eigenvalue weighted by molar-refractivity contribution is 6.05. The highest BCUT2D eigenvalue weighted by Gasteiger charge is 2.75. The third kappa shape index (κ3) is 5.14. The van der Waals surface area contributed by atoms with Gasteiger partial charge in [-0.05, 0) is 56.2 Å². The molecule has 1 aromatic carbocycles. The molecule has 7 atom stereocenters. The van der Waals surface area contributed by atoms with Crippen molar-refractivity contribution in [2.75, 3.05) is 31.1 Å². The Labute approximate surface area is 245 Å². The van der Waals surface area contributed by atoms with Crippen molar-refractivity contribution in [1.82, 2.24) is 9.80 Å². The quantitative estimate of drug-likeness (QED) is 0.365. The van der Waals surface area contributed by atoms with Gasteiger partial charge in [0.25, 0.3) is 5.91 Å². The molecule has 3 heterocycles. The number of aliphatic hydroxyl groups excluding tert-OH is 1. The van der Waals surface area contributed by atoms with Gasteiger partial charge in [0.2, 0.25) is 11.8 Å². The Bertz CT molecular complexity index is 1180. The standard InChI is InChI=1S/C33H47N3O5/c1-8-16-34(17-9-2)30(38)27-26-14-15-33(41-26)28(27)31(39)36(25(20-37)22(6)11-4)29(33)32(40)35(18-10-3)24-19-21(5)12-13-23(24)7/h8,10,12-13,19,22,25-29,37H,1,3,9,11,14-18,20H2,2,4-7H3/t22-,25-,26+,27-,28-,29?,33?/m0/s1. The minimum Gasteiger partial charge on any atom is -0.394 e. The molecule has 4 rings (SSSR count). The number of anilines is 1. The van der Waals surface area contributed by atoms with Crippen molar-refractivity contribution in [3.05, 3.63) is 54.6 Å². The summed E-state index contributed by atoms with van der Waals surface area (Å²) in [6.07, 6.45) is 5.57. The van der Waals surface area contributed by atoms with Crippen LogP contribution in [-0.2, 0) is 19.1 Å². The minimum absolute atomic E-state index is 0.0632. The number of likely N-dealkylation sites (tertiary alicyclic amines) is 1. The fourth-order valence-electron chi connectivity index (χ4n) is 7.35. The van der Waals surface area contributed by atoms with Crippen LogP contribution < -0.4 is 4.90 Å². The highest BCUT2D eigenvalue weighted by Crippen LogP contribution is 2.59. The van der Waals surface area contributed by atoms with Crippen LogP contribution in [0.25, 0.3) is 0 Å². The first-order valence-electron chi connectivity index (χ1n) is 15.1. The average molecular weight is 566 g/mol. The Balaban J connectivity index is 1.86. The predicted molar refractivity (Wildman–Crippen MR) is 160 cm³/mol. The van der Waals surface area contributed by atoms with E-state index in [-0.39, 0.29) is 36.8 Å². The Morgan fingerprint density at radius 3 is 2.51 bits per heavy atom. The van der Waals surface area contributed by atoms with Gasteiger partial charge in [0.1, 0.15) is 11.6 Å². The lowest BCUT2D eigenvalue weighted by molar-refractivity contribution is -0.148. The van der Waals surface area contributed by atoms with E-state index < -0.39 is 35.6 Å². The molecular weight excluding hydrogens is 518 g/mol. The number of benzene rings is 1. The largest absolute Gasteiger partial charge is 0.394 e. The molecule has 3 amide bonds. The maximum atomic E-state index is 14.8. The summed E-state index contributed by atoms with van der Waals surface area (Å²) in [7, 11) is 0. The van der Waals surface area contributed by atoms with Crippen molar-refractivity contribution in [3.63, 3.8) is 0 Å². The van der Waals surface area contributed by atoms with E-state index in [2.05, 4.69) is 13.2 Å². The van der Waals surface area contributed by atoms with Gasteiger partial charge in [-0.3, -0.25) is 14.4 Å². The summed E-state index contributed by atoms with van der Waals surface area (Å²) in [6.45, 7) is 18.6. The van der Waals surface area contributed by atoms with Gasteiger partial charge in [0.15, 0.2) is 0 Å². The lowest BCUT2D eigenvalue weighted by Crippen LogP contribution is -2.60. The zero-order valence-corrected chi connectivity index (χ0v) is 25.3. The van der Waals surface area contributed by atoms with E-state index in [1.54, 1.807) is 26.9 Å². The number of aryl methyl sites for hydroxylation is 2. The monoisotopic (exact) mass is 565 g/mol. The van der Waals surface area contributed by atoms with Gasteiger partial charge >= 0.3 is 0 Å². The van der Waals surface area contributed by atoms with E-state index in [0.29, 0.717) is 25.9 Å². The van der Waals surface area contributed by atoms with Gasteiger partial charge in [-0.2, -0.15) is 0 Å². The van der Waals surface area contributed by atoms with E-state index in [1.807, 2.05) is 52.8 Å². The molecule has 2 unspecified atom stereocenters. The molecule has 8 heteroatoms. The number of hydrogen-bond acceptors (Lipinski definition) is 5. The van der Waals surface area contributed by atoms with E-state index in [9.17, 15) is 19.5 Å². The third-order valence-corrected chi connectivity index (χ3v) is 9.49. The number of nitrogens with zero attached hydrogens (tertiary/aromatic N) is 3. The van der Waals surface area contributed by atoms with E-state index in [0.717, 1.165) is 29.7 Å². The molecule has 3 aliphatic rings. The number of ether oxygens (including phenoxy) is 1. The second kappa shape index (κ2) is 12.5. The van der Waals surface area contributed by atoms with Crippen LogP contribution in [0.2, 0.25) is 0 Å². The zero-order valence-electron chi connectivity index (χ0n) is 25.3. The van der Waals surface area contributed by atoms with Crippen molar-refractivity contribution in [2.24, 2.45) is 17.8 Å². The molecule has 1 spiro atoms. The van der Waals surface area contributed by atoms with Crippen molar-refractivity contribution < 1.29 is 24.2 Å². The summed E-state index contributed by atoms with van der Waals surface area (Å²) in [4.78, 5) is 48.5. The normalized spacial score (nSPS) is 27.9. The number of hydrogen-bond donors (Lipinski definition) is 1. The lowest BCUT2D eigenvalue weighted by Gasteiger charge is -2.41. The Kier molecular flexibility index (Phi) is 9.44. The Hall–Kier alpha value is -2.97. The topological polar surface area (TPSA) is 90.4 Å². The first-order chi connectivity index (χ1) is 19.6. The van der Waals surface area contributed by atoms with E-state index >= 15 is 0 Å². The molecule has 3 aliphatic heterocycles. The lowest BCUT2D eigenvalue weighted by atomic mass is 9.70. The van der Waals surface area contributed by atoms with Gasteiger partial charge < -0.3 is 24.5 Å². The van der Waals surface area contributed by atoms with Crippen molar-refractivity contribution >= 4 is 23.4 Å². The van der Waals surface area contributed by atoms with Crippen LogP contribution in [0.4, 0.5) is 5.69 Å². The average Bonchev–Trinajstić information content (AvgIpc) is 3.60. The molecule has 0 saturated carbocycles. The molecular formula is C33H47N3O5. The van der Waals surface area contributed by atoms with Crippen molar-refractivity contribution in [3.8, 4) is 0 Å². The Morgan fingerprint density at radius 2 is 1.90 bits per heavy atom. The summed E-state index contributed by atoms with van der Waals surface area (Å²) in [5.41, 5.74) is 1.56. The summed E-state index contributed by atoms with van der Waals surface area (Å²) in [6, 6.07) is 4.42. The molecule has 8 nitrogen and oxygen atoms in total. The minimum atomic E-state index is -1.14. The van der Waals surface area contributed by atoms with E-state index in [1.165, 1.54) is 0 Å². The molecule has 1 aromatic rings. The molecule has 1 N–H and O–H groups in total. The molecule has 0 radical (unpaired) electrons. The zero-order chi connectivity index (χ0) is 30.1. The smallest absolute Gasteiger partial charge is 0.253 e. The number of fused-ring (bicyclic) bond motifs is 1. The molecule has 224 valence electrons. The van der Waals surface area contributed by atoms with Crippen LogP contribution in [-0.4, -0.2) is 82.7 Å². The third-order valence-electron chi connectivity index (χ3n) is 9.49. The number of carbonyl (C=O) groups is 3. The molecule has 3 fully saturated rings. The molecule has 0 aliphatic carbocycles. The first kappa shape index (κ1) is 31.0. The SMILES string of the molecule is C=CCN(CCC)C(=O)[C@@H]1[C@H]2C(=O)N([C@@H](CO)[C@@H](C)CC)C(C(=O)N(CC=C)c3cc(C)ccc3C)C23CC[C@H]1O3. The van der Waals surface area contributed by atoms with Gasteiger partial charge in [0.05, 0.1) is 30.6 Å². The maximum absolute atomic E-state index is 14.8. The van der Waals surface area contributed by atoms with Gasteiger partial charge in [0, 0.05) is 25.3 Å². The summed E-state index contributed by atoms with van der Waals surface area (Å²) >= 11 is 0. The Morgan fingerprint density at radius 1 is 1.20 bits per heavy atom. The van der Waals surface area contributed by atoms with Crippen LogP contribution in [0.3, 0.4) is 0 Å². The highest BCUT2D eigenvalue weighted by atomic mass is 16.5. The van der Waals surface area contributed by atoms with Gasteiger partial charge in [-0.15, -0.1) is 13.2 Å². The van der Waals surface area contributed by atoms with Crippen LogP contribution in [0.1, 0.15) is 57.6 Å². The molecule has 2 bridgehead atoms. The fourth-order valence-corrected chi connectivity index (χ4v) is 7.35. The number of aliphatic hydroxyl groups is 1. The van der Waals surface area contributed by atoms with Crippen LogP contribution in [0, 0.1) is 31.6 Å². The van der Waals surface area contributed by atoms with E-state index in [4.69, 9.17) is 4.74 Å². The van der Waals surface area contributed by atoms with Gasteiger partial charge in [-0.1, -0.05) is 51.5 Å². The fraction of sp³-hybridized carbons (Fsp3) is 0.606. The summed E-state index contributed by atoms with van der Waals surface area (Å²) < 4.78 is 6.69. The van der Waals surface area contributed by atoms with Crippen LogP contribution >= 0.6 is 0 Å². The molecule has 3 saturated heterocycles. The first-order valence-corrected chi connectivity index (χ1v) is 15.1. The number of amides is 3. The van der Waals surface area contributed by atoms with Crippen LogP contribution in [0.15, 0.2) is 43.5 Å². The summed E-state index contributed by atoms with van der Waals surface area (Å²) in [5.74, 6) is -2.17. The molecule has 0 aromatic heterocycles. The van der Waals surface area contributed by atoms with Gasteiger partial charge in [-0.25, -0.2) is 0 Å². The second-order valence-electron chi connectivity index (χ2n) is 12.0. The molecule has 41 heavy (non-hydrogen) atoms. The maximum Gasteiger partial charge on any atom is 0.253 e. The van der Waals surface area contributed by atoms with Crippen LogP contribution in [0.5, 0.6) is 0 Å². The second-order valence-corrected chi connectivity index (χ2v) is 12.0.